The molecule has 2 unspecified atom stereocenters. The number of thioether (sulfide) groups is 1. The van der Waals surface area contributed by atoms with Crippen LogP contribution in [0.5, 0.6) is 0 Å². The summed E-state index contributed by atoms with van der Waals surface area (Å²) in [7, 11) is 0. The highest BCUT2D eigenvalue weighted by atomic mass is 32.2. The number of benzene rings is 2. The molecule has 35 heavy (non-hydrogen) atoms. The van der Waals surface area contributed by atoms with Gasteiger partial charge in [0.05, 0.1) is 29.5 Å². The predicted molar refractivity (Wildman–Crippen MR) is 134 cm³/mol. The Morgan fingerprint density at radius 2 is 1.91 bits per heavy atom. The van der Waals surface area contributed by atoms with Gasteiger partial charge in [-0.15, -0.1) is 11.8 Å². The summed E-state index contributed by atoms with van der Waals surface area (Å²) in [5, 5.41) is 3.19. The first kappa shape index (κ1) is 23.5. The van der Waals surface area contributed by atoms with E-state index in [1.165, 1.54) is 11.1 Å². The van der Waals surface area contributed by atoms with Gasteiger partial charge >= 0.3 is 12.1 Å². The number of allylic oxidation sites excluding steroid dienone is 2. The van der Waals surface area contributed by atoms with Crippen LogP contribution < -0.4 is 5.32 Å². The molecule has 6 nitrogen and oxygen atoms in total. The van der Waals surface area contributed by atoms with Crippen LogP contribution in [-0.4, -0.2) is 31.1 Å². The summed E-state index contributed by atoms with van der Waals surface area (Å²) in [6.07, 6.45) is 2.57. The molecule has 1 aliphatic carbocycles. The van der Waals surface area contributed by atoms with Crippen molar-refractivity contribution < 1.29 is 23.8 Å². The van der Waals surface area contributed by atoms with E-state index in [-0.39, 0.29) is 13.2 Å². The van der Waals surface area contributed by atoms with Gasteiger partial charge in [-0.1, -0.05) is 42.5 Å². The van der Waals surface area contributed by atoms with E-state index in [2.05, 4.69) is 35.6 Å². The van der Waals surface area contributed by atoms with Crippen LogP contribution in [0.3, 0.4) is 0 Å². The Balaban J connectivity index is 1.43. The third kappa shape index (κ3) is 4.82. The Bertz CT molecular complexity index is 1220. The van der Waals surface area contributed by atoms with Crippen molar-refractivity contribution in [1.82, 2.24) is 5.32 Å². The summed E-state index contributed by atoms with van der Waals surface area (Å²) in [5.41, 5.74) is 5.73. The lowest BCUT2D eigenvalue weighted by atomic mass is 9.85. The first-order valence-corrected chi connectivity index (χ1v) is 13.0. The molecule has 2 aromatic rings. The highest BCUT2D eigenvalue weighted by Crippen LogP contribution is 2.45. The van der Waals surface area contributed by atoms with Gasteiger partial charge in [-0.05, 0) is 61.8 Å². The lowest BCUT2D eigenvalue weighted by molar-refractivity contribution is -0.136. The van der Waals surface area contributed by atoms with Crippen LogP contribution >= 0.6 is 11.8 Å². The van der Waals surface area contributed by atoms with Crippen molar-refractivity contribution in [1.29, 1.82) is 0 Å². The van der Waals surface area contributed by atoms with Crippen LogP contribution in [0.4, 0.5) is 4.79 Å². The van der Waals surface area contributed by atoms with E-state index in [0.717, 1.165) is 41.2 Å². The largest absolute Gasteiger partial charge is 0.513 e. The van der Waals surface area contributed by atoms with Gasteiger partial charge in [-0.3, -0.25) is 0 Å². The molecular weight excluding hydrogens is 462 g/mol. The van der Waals surface area contributed by atoms with Crippen molar-refractivity contribution in [2.24, 2.45) is 5.92 Å². The van der Waals surface area contributed by atoms with Crippen LogP contribution in [-0.2, 0) is 31.8 Å². The third-order valence-electron chi connectivity index (χ3n) is 6.76. The Morgan fingerprint density at radius 1 is 1.14 bits per heavy atom. The van der Waals surface area contributed by atoms with Crippen molar-refractivity contribution in [3.63, 3.8) is 0 Å². The van der Waals surface area contributed by atoms with Crippen LogP contribution in [0, 0.1) is 5.92 Å². The molecule has 0 fully saturated rings. The Morgan fingerprint density at radius 3 is 2.74 bits per heavy atom. The first-order chi connectivity index (χ1) is 17.0. The van der Waals surface area contributed by atoms with E-state index in [9.17, 15) is 9.59 Å². The number of cyclic esters (lactones) is 1. The van der Waals surface area contributed by atoms with Gasteiger partial charge in [0.15, 0.2) is 0 Å². The Labute approximate surface area is 209 Å². The molecule has 0 amide bonds. The number of dihydropyridines is 1. The van der Waals surface area contributed by atoms with Crippen molar-refractivity contribution in [2.75, 3.05) is 19.0 Å². The molecule has 0 bridgehead atoms. The SMILES string of the molecule is CCOC(=O)OC1=C(C)NC2=C(C(=O)OC2)C1c1ccccc1SCC1CCc2ccccc2C1. The zero-order chi connectivity index (χ0) is 24.4. The summed E-state index contributed by atoms with van der Waals surface area (Å²) in [6.45, 7) is 3.95. The van der Waals surface area contributed by atoms with E-state index in [1.807, 2.05) is 25.1 Å². The maximum absolute atomic E-state index is 12.8. The molecule has 0 spiro atoms. The first-order valence-electron chi connectivity index (χ1n) is 12.1. The molecular formula is C28H29NO5S. The number of fused-ring (bicyclic) bond motifs is 1. The lowest BCUT2D eigenvalue weighted by Gasteiger charge is -2.29. The number of aryl methyl sites for hydroxylation is 1. The molecule has 182 valence electrons. The molecule has 2 aromatic carbocycles. The second-order valence-corrected chi connectivity index (χ2v) is 10.1. The van der Waals surface area contributed by atoms with Crippen LogP contribution in [0.25, 0.3) is 0 Å². The molecule has 2 atom stereocenters. The second-order valence-electron chi connectivity index (χ2n) is 9.03. The quantitative estimate of drug-likeness (QED) is 0.423. The normalized spacial score (nSPS) is 21.1. The number of nitrogens with one attached hydrogen (secondary N) is 1. The summed E-state index contributed by atoms with van der Waals surface area (Å²) in [6, 6.07) is 16.8. The predicted octanol–water partition coefficient (Wildman–Crippen LogP) is 5.49. The molecule has 0 radical (unpaired) electrons. The number of carbonyl (C=O) groups excluding carboxylic acids is 2. The standard InChI is InChI=1S/C28H29NO5S/c1-3-32-28(31)34-26-17(2)29-22-15-33-27(30)25(22)24(26)21-10-6-7-11-23(21)35-16-18-12-13-19-8-4-5-9-20(19)14-18/h4-11,18,24,29H,3,12-16H2,1-2H3. The van der Waals surface area contributed by atoms with Gasteiger partial charge in [0.25, 0.3) is 0 Å². The molecule has 5 rings (SSSR count). The van der Waals surface area contributed by atoms with Gasteiger partial charge < -0.3 is 19.5 Å². The molecule has 3 aliphatic rings. The third-order valence-corrected chi connectivity index (χ3v) is 8.08. The fourth-order valence-electron chi connectivity index (χ4n) is 5.09. The van der Waals surface area contributed by atoms with Crippen LogP contribution in [0.1, 0.15) is 42.9 Å². The summed E-state index contributed by atoms with van der Waals surface area (Å²) >= 11 is 1.80. The van der Waals surface area contributed by atoms with Gasteiger partial charge in [-0.25, -0.2) is 9.59 Å². The van der Waals surface area contributed by atoms with E-state index >= 15 is 0 Å². The average molecular weight is 492 g/mol. The molecule has 0 saturated heterocycles. The van der Waals surface area contributed by atoms with Crippen LogP contribution in [0.2, 0.25) is 0 Å². The molecule has 1 N–H and O–H groups in total. The maximum Gasteiger partial charge on any atom is 0.513 e. The molecule has 7 heteroatoms. The van der Waals surface area contributed by atoms with Gasteiger partial charge in [0, 0.05) is 10.6 Å². The van der Waals surface area contributed by atoms with Crippen molar-refractivity contribution in [3.8, 4) is 0 Å². The molecule has 0 saturated carbocycles. The zero-order valence-electron chi connectivity index (χ0n) is 20.0. The summed E-state index contributed by atoms with van der Waals surface area (Å²) in [4.78, 5) is 26.1. The molecule has 0 aromatic heterocycles. The fraction of sp³-hybridized carbons (Fsp3) is 0.357. The minimum atomic E-state index is -0.782. The van der Waals surface area contributed by atoms with Crippen molar-refractivity contribution in [2.45, 2.75) is 43.9 Å². The van der Waals surface area contributed by atoms with Gasteiger partial charge in [0.2, 0.25) is 0 Å². The van der Waals surface area contributed by atoms with Crippen LogP contribution in [0.15, 0.2) is 76.2 Å². The zero-order valence-corrected chi connectivity index (χ0v) is 20.8. The maximum atomic E-state index is 12.8. The second kappa shape index (κ2) is 10.2. The fourth-order valence-corrected chi connectivity index (χ4v) is 6.32. The van der Waals surface area contributed by atoms with Crippen molar-refractivity contribution in [3.05, 3.63) is 87.9 Å². The van der Waals surface area contributed by atoms with E-state index in [1.54, 1.807) is 18.7 Å². The summed E-state index contributed by atoms with van der Waals surface area (Å²) in [5.74, 6) is 0.999. The van der Waals surface area contributed by atoms with E-state index in [4.69, 9.17) is 14.2 Å². The number of hydrogen-bond donors (Lipinski definition) is 1. The summed E-state index contributed by atoms with van der Waals surface area (Å²) < 4.78 is 16.0. The monoisotopic (exact) mass is 491 g/mol. The number of rotatable bonds is 6. The van der Waals surface area contributed by atoms with E-state index < -0.39 is 18.0 Å². The average Bonchev–Trinajstić information content (AvgIpc) is 3.23. The van der Waals surface area contributed by atoms with Gasteiger partial charge in [0.1, 0.15) is 12.4 Å². The topological polar surface area (TPSA) is 73.9 Å². The number of esters is 1. The van der Waals surface area contributed by atoms with E-state index in [0.29, 0.717) is 22.9 Å². The smallest absolute Gasteiger partial charge is 0.456 e. The number of carbonyl (C=O) groups is 2. The van der Waals surface area contributed by atoms with Crippen molar-refractivity contribution >= 4 is 23.9 Å². The number of hydrogen-bond acceptors (Lipinski definition) is 7. The lowest BCUT2D eigenvalue weighted by Crippen LogP contribution is -2.28. The highest BCUT2D eigenvalue weighted by Gasteiger charge is 2.42. The Hall–Kier alpha value is -3.19. The molecule has 2 heterocycles. The minimum absolute atomic E-state index is 0.186. The highest BCUT2D eigenvalue weighted by molar-refractivity contribution is 7.99. The minimum Gasteiger partial charge on any atom is -0.456 e. The molecule has 2 aliphatic heterocycles. The number of ether oxygens (including phenoxy) is 3. The van der Waals surface area contributed by atoms with Gasteiger partial charge in [-0.2, -0.15) is 0 Å². The Kier molecular flexibility index (Phi) is 6.86.